The van der Waals surface area contributed by atoms with E-state index in [1.807, 2.05) is 6.79 Å². The van der Waals surface area contributed by atoms with Gasteiger partial charge in [0.05, 0.1) is 0 Å². The minimum atomic E-state index is -3.08. The Morgan fingerprint density at radius 2 is 1.11 bits per heavy atom. The van der Waals surface area contributed by atoms with Gasteiger partial charge in [0.25, 0.3) is 0 Å². The zero-order valence-corrected chi connectivity index (χ0v) is 5.38. The van der Waals surface area contributed by atoms with Crippen LogP contribution in [0.25, 0.3) is 0 Å². The van der Waals surface area contributed by atoms with Gasteiger partial charge in [0.2, 0.25) is 0 Å². The number of rotatable bonds is 0. The predicted octanol–water partition coefficient (Wildman–Crippen LogP) is -2.18. The molecule has 7 heteroatoms. The topological polar surface area (TPSA) is 34.1 Å². The van der Waals surface area contributed by atoms with Crippen molar-refractivity contribution in [3.63, 3.8) is 0 Å². The van der Waals surface area contributed by atoms with Gasteiger partial charge in [-0.05, 0) is 0 Å². The van der Waals surface area contributed by atoms with Crippen molar-refractivity contribution >= 4 is 19.3 Å². The van der Waals surface area contributed by atoms with Crippen LogP contribution in [0.5, 0.6) is 0 Å². The normalized spacial score (nSPS) is 4.89. The van der Waals surface area contributed by atoms with Crippen molar-refractivity contribution in [1.29, 1.82) is 0 Å². The van der Waals surface area contributed by atoms with Gasteiger partial charge in [-0.1, -0.05) is 0 Å². The number of carbonyl (C=O) groups excluding carboxylic acids is 1. The van der Waals surface area contributed by atoms with Crippen LogP contribution in [0.1, 0.15) is 0 Å². The summed E-state index contributed by atoms with van der Waals surface area (Å²) in [5.41, 5.74) is 0. The number of hydrogen-bond acceptors (Lipinski definition) is 3. The molecule has 2 nitrogen and oxygen atoms in total. The Balaban J connectivity index is -0.0000000221. The van der Waals surface area contributed by atoms with Gasteiger partial charge in [-0.25, -0.2) is 0 Å². The van der Waals surface area contributed by atoms with Gasteiger partial charge in [0.15, 0.2) is 19.2 Å². The summed E-state index contributed by atoms with van der Waals surface area (Å²) in [6, 6.07) is 0. The summed E-state index contributed by atoms with van der Waals surface area (Å²) in [5, 5.41) is 0. The van der Waals surface area contributed by atoms with Crippen LogP contribution in [0.15, 0.2) is 0 Å². The second kappa shape index (κ2) is 42.7. The summed E-state index contributed by atoms with van der Waals surface area (Å²) in [6.45, 7) is -1.08. The minimum absolute atomic E-state index is 0. The van der Waals surface area contributed by atoms with E-state index in [2.05, 4.69) is 12.5 Å². The molecule has 0 fully saturated rings. The standard InChI is InChI=1S/CF3.CH2O.Li.OS/c2-1(3)4;1-2;;1-2/h;1H2;;/q-1;;+1;. The largest absolute Gasteiger partial charge is 1.00 e. The van der Waals surface area contributed by atoms with Gasteiger partial charge in [-0.2, -0.15) is 4.21 Å². The quantitative estimate of drug-likeness (QED) is 0.294. The van der Waals surface area contributed by atoms with Gasteiger partial charge in [-0.15, -0.1) is 0 Å². The molecule has 0 saturated carbocycles. The van der Waals surface area contributed by atoms with E-state index in [0.29, 0.717) is 0 Å². The van der Waals surface area contributed by atoms with Gasteiger partial charge in [0.1, 0.15) is 6.79 Å². The maximum Gasteiger partial charge on any atom is 1.00 e. The Morgan fingerprint density at radius 3 is 1.11 bits per heavy atom. The molecule has 50 valence electrons. The molecule has 0 aliphatic carbocycles. The third-order valence-corrected chi connectivity index (χ3v) is 0. The molecular weight excluding hydrogens is 152 g/mol. The fourth-order valence-electron chi connectivity index (χ4n) is 0. The van der Waals surface area contributed by atoms with Crippen LogP contribution in [0.2, 0.25) is 0 Å². The van der Waals surface area contributed by atoms with Gasteiger partial charge < -0.3 is 18.0 Å². The Labute approximate surface area is 67.5 Å². The minimum Gasteiger partial charge on any atom is -0.385 e. The van der Waals surface area contributed by atoms with Crippen molar-refractivity contribution in [2.75, 3.05) is 0 Å². The third-order valence-electron chi connectivity index (χ3n) is 0. The van der Waals surface area contributed by atoms with Crippen LogP contribution in [0.3, 0.4) is 0 Å². The summed E-state index contributed by atoms with van der Waals surface area (Å²) in [5.74, 6) is 0. The van der Waals surface area contributed by atoms with E-state index < -0.39 is 6.68 Å². The maximum atomic E-state index is 9.58. The summed E-state index contributed by atoms with van der Waals surface area (Å²) in [4.78, 5) is 8.00. The molecular formula is C2H2F3LiO2S. The number of hydrogen-bond donors (Lipinski definition) is 0. The maximum absolute atomic E-state index is 9.58. The first-order valence-corrected chi connectivity index (χ1v) is 1.36. The van der Waals surface area contributed by atoms with Gasteiger partial charge in [-0.3, -0.25) is 0 Å². The fourth-order valence-corrected chi connectivity index (χ4v) is 0. The van der Waals surface area contributed by atoms with E-state index in [1.54, 1.807) is 0 Å². The second-order valence-electron chi connectivity index (χ2n) is 0.214. The first-order valence-electron chi connectivity index (χ1n) is 1.02. The van der Waals surface area contributed by atoms with Gasteiger partial charge in [0, 0.05) is 0 Å². The Kier molecular flexibility index (Phi) is 109. The van der Waals surface area contributed by atoms with Crippen molar-refractivity contribution < 1.29 is 41.0 Å². The number of halogens is 3. The molecule has 0 unspecified atom stereocenters. The molecule has 0 heterocycles. The molecule has 0 aliphatic rings. The first-order chi connectivity index (χ1) is 3.73. The Bertz CT molecular complexity index is 36.2. The Morgan fingerprint density at radius 1 is 1.11 bits per heavy atom. The predicted molar refractivity (Wildman–Crippen MR) is 21.8 cm³/mol. The van der Waals surface area contributed by atoms with Crippen molar-refractivity contribution in [3.05, 3.63) is 6.68 Å². The van der Waals surface area contributed by atoms with Crippen LogP contribution in [-0.2, 0) is 17.3 Å². The molecule has 0 aromatic carbocycles. The Hall–Kier alpha value is 0.0774. The summed E-state index contributed by atoms with van der Waals surface area (Å²) in [6.07, 6.45) is 0. The molecule has 0 amide bonds. The molecule has 0 aromatic heterocycles. The second-order valence-corrected chi connectivity index (χ2v) is 0.214. The van der Waals surface area contributed by atoms with Crippen LogP contribution in [-0.4, -0.2) is 11.0 Å². The average Bonchev–Trinajstić information content (AvgIpc) is 1.75. The van der Waals surface area contributed by atoms with Crippen LogP contribution < -0.4 is 18.9 Å². The van der Waals surface area contributed by atoms with E-state index >= 15 is 0 Å². The van der Waals surface area contributed by atoms with Crippen molar-refractivity contribution in [1.82, 2.24) is 0 Å². The van der Waals surface area contributed by atoms with Crippen LogP contribution >= 0.6 is 0 Å². The van der Waals surface area contributed by atoms with E-state index in [-0.39, 0.29) is 18.9 Å². The van der Waals surface area contributed by atoms with Crippen molar-refractivity contribution in [2.45, 2.75) is 0 Å². The van der Waals surface area contributed by atoms with E-state index in [1.165, 1.54) is 0 Å². The molecule has 0 bridgehead atoms. The smallest absolute Gasteiger partial charge is 0.385 e. The molecule has 0 radical (unpaired) electrons. The number of carbonyl (C=O) groups is 1. The average molecular weight is 154 g/mol. The summed E-state index contributed by atoms with van der Waals surface area (Å²) < 4.78 is 36.6. The van der Waals surface area contributed by atoms with E-state index in [4.69, 9.17) is 9.00 Å². The summed E-state index contributed by atoms with van der Waals surface area (Å²) >= 11 is 2.83. The molecule has 0 N–H and O–H groups in total. The van der Waals surface area contributed by atoms with Crippen molar-refractivity contribution in [2.24, 2.45) is 0 Å². The monoisotopic (exact) mass is 154 g/mol. The third kappa shape index (κ3) is 49800. The zero-order valence-electron chi connectivity index (χ0n) is 4.57. The molecule has 0 rings (SSSR count). The van der Waals surface area contributed by atoms with Crippen LogP contribution in [0, 0.1) is 6.68 Å². The first kappa shape index (κ1) is 23.0. The molecule has 9 heavy (non-hydrogen) atoms. The van der Waals surface area contributed by atoms with Crippen molar-refractivity contribution in [3.8, 4) is 0 Å². The summed E-state index contributed by atoms with van der Waals surface area (Å²) in [7, 11) is 0. The van der Waals surface area contributed by atoms with Gasteiger partial charge >= 0.3 is 18.9 Å². The molecule has 0 aromatic rings. The van der Waals surface area contributed by atoms with Crippen LogP contribution in [0.4, 0.5) is 13.2 Å². The molecule has 0 atom stereocenters. The SMILES string of the molecule is C=O.F[C-](F)F.O=S.[Li+]. The van der Waals surface area contributed by atoms with E-state index in [0.717, 1.165) is 0 Å². The fraction of sp³-hybridized carbons (Fsp3) is 0. The molecule has 0 spiro atoms. The zero-order chi connectivity index (χ0) is 7.58. The van der Waals surface area contributed by atoms with E-state index in [9.17, 15) is 13.2 Å². The molecule has 0 aliphatic heterocycles. The molecule has 0 saturated heterocycles.